The second-order valence-corrected chi connectivity index (χ2v) is 5.12. The third-order valence-electron chi connectivity index (χ3n) is 3.64. The third kappa shape index (κ3) is 2.35. The lowest BCUT2D eigenvalue weighted by atomic mass is 9.89. The van der Waals surface area contributed by atoms with Gasteiger partial charge < -0.3 is 5.32 Å². The number of anilines is 1. The maximum absolute atomic E-state index is 12.4. The predicted molar refractivity (Wildman–Crippen MR) is 86.1 cm³/mol. The molecule has 0 aromatic heterocycles. The number of amides is 1. The fourth-order valence-electron chi connectivity index (χ4n) is 2.40. The molecule has 1 aliphatic carbocycles. The van der Waals surface area contributed by atoms with E-state index in [0.29, 0.717) is 16.8 Å². The molecule has 1 amide bonds. The number of benzene rings is 2. The van der Waals surface area contributed by atoms with E-state index in [1.165, 1.54) is 0 Å². The van der Waals surface area contributed by atoms with Crippen LogP contribution >= 0.6 is 0 Å². The molecule has 22 heavy (non-hydrogen) atoms. The van der Waals surface area contributed by atoms with E-state index in [2.05, 4.69) is 5.32 Å². The zero-order valence-corrected chi connectivity index (χ0v) is 12.0. The molecule has 0 radical (unpaired) electrons. The summed E-state index contributed by atoms with van der Waals surface area (Å²) in [5.74, 6) is -1.04. The van der Waals surface area contributed by atoms with E-state index in [1.54, 1.807) is 30.3 Å². The van der Waals surface area contributed by atoms with Crippen LogP contribution in [0.4, 0.5) is 5.69 Å². The number of hydrogen-bond acceptors (Lipinski definition) is 3. The molecule has 4 nitrogen and oxygen atoms in total. The average Bonchev–Trinajstić information content (AvgIpc) is 2.53. The first-order valence-electron chi connectivity index (χ1n) is 6.89. The Morgan fingerprint density at radius 3 is 2.50 bits per heavy atom. The van der Waals surface area contributed by atoms with Crippen LogP contribution in [-0.2, 0) is 9.59 Å². The smallest absolute Gasteiger partial charge is 0.259 e. The van der Waals surface area contributed by atoms with Crippen LogP contribution in [0.1, 0.15) is 16.7 Å². The molecule has 1 aliphatic rings. The van der Waals surface area contributed by atoms with Gasteiger partial charge in [-0.15, -0.1) is 0 Å². The molecular weight excluding hydrogens is 276 g/mol. The molecule has 0 unspecified atom stereocenters. The van der Waals surface area contributed by atoms with Gasteiger partial charge in [-0.3, -0.25) is 15.0 Å². The molecule has 2 aromatic rings. The van der Waals surface area contributed by atoms with E-state index in [-0.39, 0.29) is 11.3 Å². The highest BCUT2D eigenvalue weighted by Gasteiger charge is 2.28. The molecule has 0 heterocycles. The van der Waals surface area contributed by atoms with Gasteiger partial charge in [0.2, 0.25) is 5.78 Å². The summed E-state index contributed by atoms with van der Waals surface area (Å²) in [5.41, 5.74) is 2.68. The summed E-state index contributed by atoms with van der Waals surface area (Å²) >= 11 is 0. The Hall–Kier alpha value is -3.01. The molecule has 108 valence electrons. The van der Waals surface area contributed by atoms with E-state index < -0.39 is 11.7 Å². The molecule has 2 aromatic carbocycles. The fraction of sp³-hybridized carbons (Fsp3) is 0.0556. The zero-order valence-electron chi connectivity index (χ0n) is 12.0. The number of hydrogen-bond donors (Lipinski definition) is 2. The minimum absolute atomic E-state index is 0.00745. The van der Waals surface area contributed by atoms with Gasteiger partial charge in [-0.2, -0.15) is 0 Å². The molecule has 0 atom stereocenters. The van der Waals surface area contributed by atoms with Crippen molar-refractivity contribution in [3.8, 4) is 0 Å². The van der Waals surface area contributed by atoms with E-state index in [9.17, 15) is 9.59 Å². The Labute approximate surface area is 128 Å². The summed E-state index contributed by atoms with van der Waals surface area (Å²) in [4.78, 5) is 24.6. The monoisotopic (exact) mass is 290 g/mol. The summed E-state index contributed by atoms with van der Waals surface area (Å²) < 4.78 is 0. The number of fused-ring (bicyclic) bond motifs is 1. The number of carbonyl (C=O) groups is 2. The highest BCUT2D eigenvalue weighted by molar-refractivity contribution is 6.58. The standard InChI is InChI=1S/C18H14N2O2/c1-11-6-2-5-9-15(11)20-18(22)14-10-12-7-3-4-8-13(12)16(19)17(14)21/h2-10,19H,1H3,(H,20,22). The number of nitrogens with one attached hydrogen (secondary N) is 2. The Morgan fingerprint density at radius 1 is 1.05 bits per heavy atom. The van der Waals surface area contributed by atoms with Crippen LogP contribution in [0.5, 0.6) is 0 Å². The lowest BCUT2D eigenvalue weighted by Gasteiger charge is -2.16. The van der Waals surface area contributed by atoms with Crippen LogP contribution in [0, 0.1) is 12.3 Å². The summed E-state index contributed by atoms with van der Waals surface area (Å²) in [6, 6.07) is 14.4. The molecule has 0 fully saturated rings. The Kier molecular flexibility index (Phi) is 3.43. The van der Waals surface area contributed by atoms with Crippen molar-refractivity contribution in [2.24, 2.45) is 0 Å². The summed E-state index contributed by atoms with van der Waals surface area (Å²) in [7, 11) is 0. The molecule has 3 rings (SSSR count). The van der Waals surface area contributed by atoms with Gasteiger partial charge in [0.15, 0.2) is 0 Å². The van der Waals surface area contributed by atoms with Gasteiger partial charge >= 0.3 is 0 Å². The van der Waals surface area contributed by atoms with Crippen molar-refractivity contribution in [1.82, 2.24) is 0 Å². The van der Waals surface area contributed by atoms with Gasteiger partial charge in [-0.05, 0) is 30.2 Å². The number of carbonyl (C=O) groups excluding carboxylic acids is 2. The number of aryl methyl sites for hydroxylation is 1. The molecular formula is C18H14N2O2. The van der Waals surface area contributed by atoms with Crippen LogP contribution in [0.25, 0.3) is 6.08 Å². The maximum atomic E-state index is 12.4. The van der Waals surface area contributed by atoms with Crippen molar-refractivity contribution in [1.29, 1.82) is 5.41 Å². The first-order chi connectivity index (χ1) is 10.6. The second kappa shape index (κ2) is 5.41. The minimum atomic E-state index is -0.551. The summed E-state index contributed by atoms with van der Waals surface area (Å²) in [5, 5.41) is 10.7. The fourth-order valence-corrected chi connectivity index (χ4v) is 2.40. The Bertz CT molecular complexity index is 834. The van der Waals surface area contributed by atoms with Gasteiger partial charge in [0.1, 0.15) is 5.71 Å². The van der Waals surface area contributed by atoms with Crippen LogP contribution < -0.4 is 5.32 Å². The molecule has 0 saturated carbocycles. The van der Waals surface area contributed by atoms with Crippen LogP contribution in [0.3, 0.4) is 0 Å². The van der Waals surface area contributed by atoms with E-state index >= 15 is 0 Å². The first-order valence-corrected chi connectivity index (χ1v) is 6.89. The van der Waals surface area contributed by atoms with E-state index in [0.717, 1.165) is 5.56 Å². The Morgan fingerprint density at radius 2 is 1.73 bits per heavy atom. The van der Waals surface area contributed by atoms with E-state index in [4.69, 9.17) is 5.41 Å². The summed E-state index contributed by atoms with van der Waals surface area (Å²) in [6.45, 7) is 1.88. The summed E-state index contributed by atoms with van der Waals surface area (Å²) in [6.07, 6.45) is 1.54. The highest BCUT2D eigenvalue weighted by Crippen LogP contribution is 2.23. The molecule has 4 heteroatoms. The van der Waals surface area contributed by atoms with Crippen molar-refractivity contribution in [3.05, 3.63) is 70.8 Å². The number of rotatable bonds is 2. The normalized spacial score (nSPS) is 13.4. The Balaban J connectivity index is 1.96. The average molecular weight is 290 g/mol. The zero-order chi connectivity index (χ0) is 15.7. The predicted octanol–water partition coefficient (Wildman–Crippen LogP) is 2.97. The van der Waals surface area contributed by atoms with Crippen molar-refractivity contribution in [2.75, 3.05) is 5.32 Å². The molecule has 0 saturated heterocycles. The van der Waals surface area contributed by atoms with Gasteiger partial charge in [0, 0.05) is 11.3 Å². The van der Waals surface area contributed by atoms with Crippen molar-refractivity contribution < 1.29 is 9.59 Å². The topological polar surface area (TPSA) is 70.0 Å². The van der Waals surface area contributed by atoms with Gasteiger partial charge in [-0.25, -0.2) is 0 Å². The van der Waals surface area contributed by atoms with Gasteiger partial charge in [0.05, 0.1) is 5.57 Å². The van der Waals surface area contributed by atoms with Crippen LogP contribution in [0.2, 0.25) is 0 Å². The van der Waals surface area contributed by atoms with Crippen LogP contribution in [0.15, 0.2) is 54.1 Å². The van der Waals surface area contributed by atoms with Crippen molar-refractivity contribution in [3.63, 3.8) is 0 Å². The lowest BCUT2D eigenvalue weighted by molar-refractivity contribution is -0.116. The highest BCUT2D eigenvalue weighted by atomic mass is 16.2. The third-order valence-corrected chi connectivity index (χ3v) is 3.64. The lowest BCUT2D eigenvalue weighted by Crippen LogP contribution is -2.29. The van der Waals surface area contributed by atoms with Crippen molar-refractivity contribution >= 4 is 29.2 Å². The van der Waals surface area contributed by atoms with Gasteiger partial charge in [0.25, 0.3) is 5.91 Å². The molecule has 2 N–H and O–H groups in total. The first kappa shape index (κ1) is 13.9. The number of para-hydroxylation sites is 1. The second-order valence-electron chi connectivity index (χ2n) is 5.12. The SMILES string of the molecule is Cc1ccccc1NC(=O)C1=Cc2ccccc2C(=N)C1=O. The molecule has 0 aliphatic heterocycles. The van der Waals surface area contributed by atoms with E-state index in [1.807, 2.05) is 31.2 Å². The van der Waals surface area contributed by atoms with Crippen molar-refractivity contribution in [2.45, 2.75) is 6.92 Å². The number of Topliss-reactive ketones (excluding diaryl/α,β-unsaturated/α-hetero) is 1. The van der Waals surface area contributed by atoms with Crippen LogP contribution in [-0.4, -0.2) is 17.4 Å². The largest absolute Gasteiger partial charge is 0.322 e. The number of ketones is 1. The quantitative estimate of drug-likeness (QED) is 0.835. The molecule has 0 spiro atoms. The maximum Gasteiger partial charge on any atom is 0.259 e. The molecule has 0 bridgehead atoms. The minimum Gasteiger partial charge on any atom is -0.322 e. The van der Waals surface area contributed by atoms with Gasteiger partial charge in [-0.1, -0.05) is 42.5 Å².